The third-order valence-corrected chi connectivity index (χ3v) is 4.21. The maximum atomic E-state index is 5.50. The lowest BCUT2D eigenvalue weighted by molar-refractivity contribution is 0.00865. The molecule has 0 radical (unpaired) electrons. The molecule has 0 bridgehead atoms. The first-order valence-electron chi connectivity index (χ1n) is 8.36. The summed E-state index contributed by atoms with van der Waals surface area (Å²) in [6.45, 7) is 8.66. The topological polar surface area (TPSA) is 56.1 Å². The van der Waals surface area contributed by atoms with E-state index in [1.54, 1.807) is 0 Å². The molecule has 23 heavy (non-hydrogen) atoms. The highest BCUT2D eigenvalue weighted by Gasteiger charge is 2.28. The van der Waals surface area contributed by atoms with Gasteiger partial charge in [0, 0.05) is 13.1 Å². The molecule has 1 aromatic carbocycles. The van der Waals surface area contributed by atoms with Gasteiger partial charge in [0.25, 0.3) is 0 Å². The van der Waals surface area contributed by atoms with Gasteiger partial charge in [0.05, 0.1) is 25.8 Å². The molecule has 0 aliphatic carbocycles. The van der Waals surface area contributed by atoms with E-state index in [4.69, 9.17) is 4.74 Å². The summed E-state index contributed by atoms with van der Waals surface area (Å²) >= 11 is 0. The minimum absolute atomic E-state index is 0.248. The van der Waals surface area contributed by atoms with Gasteiger partial charge in [0.2, 0.25) is 0 Å². The molecule has 6 heteroatoms. The molecular formula is C17H25N5O. The van der Waals surface area contributed by atoms with Crippen molar-refractivity contribution in [3.63, 3.8) is 0 Å². The molecule has 2 heterocycles. The highest BCUT2D eigenvalue weighted by molar-refractivity contribution is 5.15. The predicted molar refractivity (Wildman–Crippen MR) is 87.9 cm³/mol. The second-order valence-corrected chi connectivity index (χ2v) is 6.47. The molecule has 0 amide bonds. The second-order valence-electron chi connectivity index (χ2n) is 6.47. The lowest BCUT2D eigenvalue weighted by Gasteiger charge is -2.34. The second kappa shape index (κ2) is 7.66. The minimum atomic E-state index is 0.248. The molecule has 0 N–H and O–H groups in total. The van der Waals surface area contributed by atoms with Crippen molar-refractivity contribution in [2.75, 3.05) is 26.3 Å². The Balaban J connectivity index is 1.83. The maximum Gasteiger partial charge on any atom is 0.168 e. The summed E-state index contributed by atoms with van der Waals surface area (Å²) in [7, 11) is 0. The summed E-state index contributed by atoms with van der Waals surface area (Å²) in [5.41, 5.74) is 1.21. The van der Waals surface area contributed by atoms with E-state index in [-0.39, 0.29) is 6.04 Å². The largest absolute Gasteiger partial charge is 0.379 e. The molecule has 124 valence electrons. The fourth-order valence-electron chi connectivity index (χ4n) is 3.07. The Hall–Kier alpha value is -1.79. The number of ether oxygens (including phenoxy) is 1. The Labute approximate surface area is 137 Å². The van der Waals surface area contributed by atoms with Crippen LogP contribution in [-0.4, -0.2) is 51.4 Å². The van der Waals surface area contributed by atoms with Crippen molar-refractivity contribution in [3.05, 3.63) is 41.7 Å². The van der Waals surface area contributed by atoms with Crippen LogP contribution in [0.15, 0.2) is 30.3 Å². The standard InChI is InChI=1S/C17H25N5O/c1-14(2)12-16(21-8-10-23-11-9-21)17-18-19-20-22(17)13-15-6-4-3-5-7-15/h3-7,14,16H,8-13H2,1-2H3. The molecule has 1 unspecified atom stereocenters. The fraction of sp³-hybridized carbons (Fsp3) is 0.588. The zero-order valence-electron chi connectivity index (χ0n) is 13.9. The van der Waals surface area contributed by atoms with Gasteiger partial charge in [-0.2, -0.15) is 0 Å². The van der Waals surface area contributed by atoms with Crippen LogP contribution in [0.1, 0.15) is 37.7 Å². The first-order chi connectivity index (χ1) is 11.2. The average molecular weight is 315 g/mol. The Morgan fingerprint density at radius 2 is 1.87 bits per heavy atom. The maximum absolute atomic E-state index is 5.50. The van der Waals surface area contributed by atoms with Gasteiger partial charge in [0.15, 0.2) is 5.82 Å². The minimum Gasteiger partial charge on any atom is -0.379 e. The van der Waals surface area contributed by atoms with Crippen molar-refractivity contribution in [2.24, 2.45) is 5.92 Å². The van der Waals surface area contributed by atoms with E-state index in [1.807, 2.05) is 22.9 Å². The smallest absolute Gasteiger partial charge is 0.168 e. The van der Waals surface area contributed by atoms with Crippen molar-refractivity contribution in [2.45, 2.75) is 32.9 Å². The first kappa shape index (κ1) is 16.1. The Kier molecular flexibility index (Phi) is 5.35. The van der Waals surface area contributed by atoms with Gasteiger partial charge < -0.3 is 4.74 Å². The zero-order valence-corrected chi connectivity index (χ0v) is 13.9. The Morgan fingerprint density at radius 3 is 2.57 bits per heavy atom. The molecule has 1 atom stereocenters. The van der Waals surface area contributed by atoms with Crippen molar-refractivity contribution >= 4 is 0 Å². The molecule has 1 aliphatic heterocycles. The van der Waals surface area contributed by atoms with Crippen LogP contribution < -0.4 is 0 Å². The van der Waals surface area contributed by atoms with E-state index in [1.165, 1.54) is 5.56 Å². The van der Waals surface area contributed by atoms with E-state index >= 15 is 0 Å². The van der Waals surface area contributed by atoms with Crippen molar-refractivity contribution in [1.29, 1.82) is 0 Å². The molecule has 2 aromatic rings. The van der Waals surface area contributed by atoms with Gasteiger partial charge in [0.1, 0.15) is 0 Å². The number of morpholine rings is 1. The summed E-state index contributed by atoms with van der Waals surface area (Å²) in [5, 5.41) is 12.5. The van der Waals surface area contributed by atoms with Crippen LogP contribution in [0, 0.1) is 5.92 Å². The van der Waals surface area contributed by atoms with Gasteiger partial charge in [-0.05, 0) is 28.3 Å². The van der Waals surface area contributed by atoms with Crippen LogP contribution in [0.2, 0.25) is 0 Å². The molecule has 1 fully saturated rings. The van der Waals surface area contributed by atoms with Gasteiger partial charge in [-0.3, -0.25) is 4.90 Å². The quantitative estimate of drug-likeness (QED) is 0.817. The third kappa shape index (κ3) is 4.14. The Morgan fingerprint density at radius 1 is 1.13 bits per heavy atom. The third-order valence-electron chi connectivity index (χ3n) is 4.21. The summed E-state index contributed by atoms with van der Waals surface area (Å²) in [4.78, 5) is 2.46. The van der Waals surface area contributed by atoms with Crippen LogP contribution in [0.4, 0.5) is 0 Å². The van der Waals surface area contributed by atoms with E-state index in [0.29, 0.717) is 12.5 Å². The van der Waals surface area contributed by atoms with Crippen molar-refractivity contribution in [1.82, 2.24) is 25.1 Å². The van der Waals surface area contributed by atoms with E-state index in [0.717, 1.165) is 38.5 Å². The number of benzene rings is 1. The van der Waals surface area contributed by atoms with Crippen LogP contribution in [0.5, 0.6) is 0 Å². The zero-order chi connectivity index (χ0) is 16.1. The number of aromatic nitrogens is 4. The van der Waals surface area contributed by atoms with Gasteiger partial charge in [-0.1, -0.05) is 44.2 Å². The molecule has 0 spiro atoms. The van der Waals surface area contributed by atoms with Crippen molar-refractivity contribution < 1.29 is 4.74 Å². The summed E-state index contributed by atoms with van der Waals surface area (Å²) in [6.07, 6.45) is 1.05. The lowest BCUT2D eigenvalue weighted by atomic mass is 10.0. The molecule has 0 saturated carbocycles. The van der Waals surface area contributed by atoms with Crippen LogP contribution in [0.3, 0.4) is 0 Å². The number of hydrogen-bond acceptors (Lipinski definition) is 5. The molecule has 3 rings (SSSR count). The highest BCUT2D eigenvalue weighted by Crippen LogP contribution is 2.27. The van der Waals surface area contributed by atoms with E-state index in [2.05, 4.69) is 46.4 Å². The summed E-state index contributed by atoms with van der Waals surface area (Å²) in [6, 6.07) is 10.6. The van der Waals surface area contributed by atoms with Crippen LogP contribution >= 0.6 is 0 Å². The number of rotatable bonds is 6. The molecule has 1 saturated heterocycles. The summed E-state index contributed by atoms with van der Waals surface area (Å²) in [5.74, 6) is 1.55. The van der Waals surface area contributed by atoms with E-state index in [9.17, 15) is 0 Å². The molecular weight excluding hydrogens is 290 g/mol. The summed E-state index contributed by atoms with van der Waals surface area (Å²) < 4.78 is 7.44. The monoisotopic (exact) mass is 315 g/mol. The molecule has 1 aliphatic rings. The van der Waals surface area contributed by atoms with Crippen molar-refractivity contribution in [3.8, 4) is 0 Å². The van der Waals surface area contributed by atoms with Crippen LogP contribution in [-0.2, 0) is 11.3 Å². The first-order valence-corrected chi connectivity index (χ1v) is 8.36. The van der Waals surface area contributed by atoms with Crippen LogP contribution in [0.25, 0.3) is 0 Å². The van der Waals surface area contributed by atoms with Gasteiger partial charge >= 0.3 is 0 Å². The molecule has 1 aromatic heterocycles. The van der Waals surface area contributed by atoms with Gasteiger partial charge in [-0.25, -0.2) is 4.68 Å². The SMILES string of the molecule is CC(C)CC(c1nnnn1Cc1ccccc1)N1CCOCC1. The highest BCUT2D eigenvalue weighted by atomic mass is 16.5. The fourth-order valence-corrected chi connectivity index (χ4v) is 3.07. The van der Waals surface area contributed by atoms with E-state index < -0.39 is 0 Å². The lowest BCUT2D eigenvalue weighted by Crippen LogP contribution is -2.40. The number of hydrogen-bond donors (Lipinski definition) is 0. The Bertz CT molecular complexity index is 592. The average Bonchev–Trinajstić information content (AvgIpc) is 3.02. The molecule has 6 nitrogen and oxygen atoms in total. The number of tetrazole rings is 1. The number of nitrogens with zero attached hydrogens (tertiary/aromatic N) is 5. The van der Waals surface area contributed by atoms with Gasteiger partial charge in [-0.15, -0.1) is 5.10 Å². The predicted octanol–water partition coefficient (Wildman–Crippen LogP) is 2.14. The normalized spacial score (nSPS) is 17.5.